The minimum Gasteiger partial charge on any atom is -0.497 e. The largest absolute Gasteiger partial charge is 0.497 e. The third kappa shape index (κ3) is 4.37. The highest BCUT2D eigenvalue weighted by Gasteiger charge is 1.90. The van der Waals surface area contributed by atoms with Crippen LogP contribution in [-0.4, -0.2) is 7.11 Å². The Bertz CT molecular complexity index is 600. The predicted octanol–water partition coefficient (Wildman–Crippen LogP) is 3.85. The van der Waals surface area contributed by atoms with Crippen LogP contribution in [0, 0.1) is 11.8 Å². The summed E-state index contributed by atoms with van der Waals surface area (Å²) in [7, 11) is 1.66. The average Bonchev–Trinajstić information content (AvgIpc) is 2.48. The highest BCUT2D eigenvalue weighted by atomic mass is 16.5. The van der Waals surface area contributed by atoms with Crippen LogP contribution in [0.2, 0.25) is 0 Å². The Morgan fingerprint density at radius 3 is 2.68 bits per heavy atom. The van der Waals surface area contributed by atoms with Gasteiger partial charge in [0.1, 0.15) is 5.75 Å². The quantitative estimate of drug-likeness (QED) is 0.750. The van der Waals surface area contributed by atoms with Gasteiger partial charge in [0.15, 0.2) is 0 Å². The summed E-state index contributed by atoms with van der Waals surface area (Å²) in [5, 5.41) is 0. The number of allylic oxidation sites excluding steroid dienone is 2. The minimum atomic E-state index is 0.833. The van der Waals surface area contributed by atoms with Gasteiger partial charge in [0.05, 0.1) is 7.11 Å². The standard InChI is InChI=1S/C18H16O/c1-19-18-14-8-13-17(15-18)12-7-3-6-11-16-9-4-2-5-10-16/h2-6,8-10,13-15H,11H2,1H3/b6-3-. The Kier molecular flexibility index (Phi) is 4.84. The van der Waals surface area contributed by atoms with Crippen molar-refractivity contribution in [1.82, 2.24) is 0 Å². The van der Waals surface area contributed by atoms with Crippen molar-refractivity contribution < 1.29 is 4.74 Å². The van der Waals surface area contributed by atoms with E-state index >= 15 is 0 Å². The predicted molar refractivity (Wildman–Crippen MR) is 79.2 cm³/mol. The van der Waals surface area contributed by atoms with E-state index in [1.54, 1.807) is 7.11 Å². The van der Waals surface area contributed by atoms with E-state index in [1.807, 2.05) is 48.5 Å². The molecule has 19 heavy (non-hydrogen) atoms. The van der Waals surface area contributed by atoms with Gasteiger partial charge < -0.3 is 4.74 Å². The van der Waals surface area contributed by atoms with E-state index in [0.717, 1.165) is 17.7 Å². The van der Waals surface area contributed by atoms with Gasteiger partial charge in [0.2, 0.25) is 0 Å². The number of benzene rings is 2. The van der Waals surface area contributed by atoms with Crippen LogP contribution in [0.15, 0.2) is 66.7 Å². The van der Waals surface area contributed by atoms with E-state index in [0.29, 0.717) is 0 Å². The maximum absolute atomic E-state index is 5.15. The molecule has 2 aromatic carbocycles. The van der Waals surface area contributed by atoms with Gasteiger partial charge >= 0.3 is 0 Å². The van der Waals surface area contributed by atoms with Crippen LogP contribution in [0.4, 0.5) is 0 Å². The first kappa shape index (κ1) is 13.0. The van der Waals surface area contributed by atoms with Crippen LogP contribution >= 0.6 is 0 Å². The first-order chi connectivity index (χ1) is 9.38. The lowest BCUT2D eigenvalue weighted by atomic mass is 10.1. The molecule has 0 atom stereocenters. The molecule has 0 radical (unpaired) electrons. The summed E-state index contributed by atoms with van der Waals surface area (Å²) in [6.07, 6.45) is 4.88. The van der Waals surface area contributed by atoms with Crippen LogP contribution in [0.3, 0.4) is 0 Å². The van der Waals surface area contributed by atoms with Crippen LogP contribution in [0.25, 0.3) is 0 Å². The Morgan fingerprint density at radius 2 is 1.89 bits per heavy atom. The van der Waals surface area contributed by atoms with Crippen LogP contribution in [-0.2, 0) is 6.42 Å². The van der Waals surface area contributed by atoms with Gasteiger partial charge in [-0.15, -0.1) is 0 Å². The van der Waals surface area contributed by atoms with Gasteiger partial charge in [-0.25, -0.2) is 0 Å². The van der Waals surface area contributed by atoms with Crippen LogP contribution in [0.1, 0.15) is 11.1 Å². The number of rotatable bonds is 3. The van der Waals surface area contributed by atoms with Gasteiger partial charge in [-0.3, -0.25) is 0 Å². The highest BCUT2D eigenvalue weighted by molar-refractivity contribution is 5.41. The van der Waals surface area contributed by atoms with E-state index in [2.05, 4.69) is 30.0 Å². The third-order valence-electron chi connectivity index (χ3n) is 2.68. The molecule has 0 fully saturated rings. The summed E-state index contributed by atoms with van der Waals surface area (Å²) < 4.78 is 5.15. The first-order valence-corrected chi connectivity index (χ1v) is 6.23. The molecule has 0 aliphatic rings. The fraction of sp³-hybridized carbons (Fsp3) is 0.111. The summed E-state index contributed by atoms with van der Waals surface area (Å²) >= 11 is 0. The molecular formula is C18H16O. The minimum absolute atomic E-state index is 0.833. The second kappa shape index (κ2) is 7.08. The smallest absolute Gasteiger partial charge is 0.120 e. The zero-order chi connectivity index (χ0) is 13.3. The molecule has 1 nitrogen and oxygen atoms in total. The molecule has 0 unspecified atom stereocenters. The van der Waals surface area contributed by atoms with Gasteiger partial charge in [0, 0.05) is 5.56 Å². The van der Waals surface area contributed by atoms with Crippen LogP contribution < -0.4 is 4.74 Å². The zero-order valence-corrected chi connectivity index (χ0v) is 11.0. The lowest BCUT2D eigenvalue weighted by Gasteiger charge is -1.97. The highest BCUT2D eigenvalue weighted by Crippen LogP contribution is 2.11. The molecule has 0 aliphatic heterocycles. The Labute approximate surface area is 114 Å². The molecular weight excluding hydrogens is 232 g/mol. The molecule has 0 saturated heterocycles. The number of hydrogen-bond acceptors (Lipinski definition) is 1. The lowest BCUT2D eigenvalue weighted by Crippen LogP contribution is -1.82. The average molecular weight is 248 g/mol. The van der Waals surface area contributed by atoms with E-state index < -0.39 is 0 Å². The fourth-order valence-electron chi connectivity index (χ4n) is 1.69. The van der Waals surface area contributed by atoms with Gasteiger partial charge in [0.25, 0.3) is 0 Å². The van der Waals surface area contributed by atoms with Crippen molar-refractivity contribution in [2.75, 3.05) is 7.11 Å². The second-order valence-corrected chi connectivity index (χ2v) is 4.09. The van der Waals surface area contributed by atoms with Crippen molar-refractivity contribution in [3.05, 3.63) is 77.9 Å². The Balaban J connectivity index is 1.93. The van der Waals surface area contributed by atoms with Gasteiger partial charge in [-0.05, 0) is 36.3 Å². The molecule has 2 aromatic rings. The summed E-state index contributed by atoms with van der Waals surface area (Å²) in [6, 6.07) is 18.1. The molecule has 0 aromatic heterocycles. The molecule has 0 saturated carbocycles. The van der Waals surface area contributed by atoms with E-state index in [9.17, 15) is 0 Å². The van der Waals surface area contributed by atoms with Crippen molar-refractivity contribution in [1.29, 1.82) is 0 Å². The number of methoxy groups -OCH3 is 1. The summed E-state index contributed by atoms with van der Waals surface area (Å²) in [5.41, 5.74) is 2.26. The van der Waals surface area contributed by atoms with Crippen molar-refractivity contribution in [3.8, 4) is 17.6 Å². The number of ether oxygens (including phenoxy) is 1. The molecule has 0 aliphatic carbocycles. The third-order valence-corrected chi connectivity index (χ3v) is 2.68. The fourth-order valence-corrected chi connectivity index (χ4v) is 1.69. The summed E-state index contributed by atoms with van der Waals surface area (Å²) in [4.78, 5) is 0. The maximum atomic E-state index is 5.15. The van der Waals surface area contributed by atoms with Crippen molar-refractivity contribution in [2.45, 2.75) is 6.42 Å². The van der Waals surface area contributed by atoms with E-state index in [1.165, 1.54) is 5.56 Å². The van der Waals surface area contributed by atoms with Crippen molar-refractivity contribution in [2.24, 2.45) is 0 Å². The van der Waals surface area contributed by atoms with Crippen molar-refractivity contribution >= 4 is 0 Å². The normalized spacial score (nSPS) is 9.95. The van der Waals surface area contributed by atoms with E-state index in [4.69, 9.17) is 4.74 Å². The Hall–Kier alpha value is -2.46. The molecule has 1 heteroatoms. The second-order valence-electron chi connectivity index (χ2n) is 4.09. The van der Waals surface area contributed by atoms with Crippen LogP contribution in [0.5, 0.6) is 5.75 Å². The first-order valence-electron chi connectivity index (χ1n) is 6.23. The molecule has 0 N–H and O–H groups in total. The SMILES string of the molecule is COc1cccc(C#C/C=C\Cc2ccccc2)c1. The molecule has 2 rings (SSSR count). The summed E-state index contributed by atoms with van der Waals surface area (Å²) in [5.74, 6) is 6.96. The number of hydrogen-bond donors (Lipinski definition) is 0. The van der Waals surface area contributed by atoms with Crippen molar-refractivity contribution in [3.63, 3.8) is 0 Å². The molecule has 94 valence electrons. The van der Waals surface area contributed by atoms with E-state index in [-0.39, 0.29) is 0 Å². The summed E-state index contributed by atoms with van der Waals surface area (Å²) in [6.45, 7) is 0. The van der Waals surface area contributed by atoms with Gasteiger partial charge in [-0.2, -0.15) is 0 Å². The Morgan fingerprint density at radius 1 is 1.05 bits per heavy atom. The molecule has 0 amide bonds. The monoisotopic (exact) mass is 248 g/mol. The topological polar surface area (TPSA) is 9.23 Å². The molecule has 0 bridgehead atoms. The maximum Gasteiger partial charge on any atom is 0.120 e. The molecule has 0 spiro atoms. The van der Waals surface area contributed by atoms with Gasteiger partial charge in [-0.1, -0.05) is 54.3 Å². The lowest BCUT2D eigenvalue weighted by molar-refractivity contribution is 0.414. The zero-order valence-electron chi connectivity index (χ0n) is 11.0. The molecule has 0 heterocycles.